The largest absolute Gasteiger partial charge is 0.397 e. The van der Waals surface area contributed by atoms with Gasteiger partial charge >= 0.3 is 0 Å². The lowest BCUT2D eigenvalue weighted by molar-refractivity contribution is -0.121. The quantitative estimate of drug-likeness (QED) is 0.608. The van der Waals surface area contributed by atoms with Gasteiger partial charge in [0.2, 0.25) is 5.91 Å². The first-order valence-corrected chi connectivity index (χ1v) is 6.66. The molecule has 108 valence electrons. The van der Waals surface area contributed by atoms with Gasteiger partial charge in [-0.15, -0.1) is 0 Å². The van der Waals surface area contributed by atoms with Crippen LogP contribution in [0.1, 0.15) is 12.7 Å². The van der Waals surface area contributed by atoms with Crippen LogP contribution in [-0.4, -0.2) is 35.7 Å². The topological polar surface area (TPSA) is 82.2 Å². The summed E-state index contributed by atoms with van der Waals surface area (Å²) in [5, 5.41) is 2.81. The highest BCUT2D eigenvalue weighted by Crippen LogP contribution is 2.21. The van der Waals surface area contributed by atoms with Crippen LogP contribution >= 0.6 is 0 Å². The van der Waals surface area contributed by atoms with Gasteiger partial charge in [0.15, 0.2) is 0 Å². The molecule has 2 rings (SSSR count). The first-order chi connectivity index (χ1) is 9.67. The number of nitrogens with zero attached hydrogens (tertiary/aromatic N) is 2. The normalized spacial score (nSPS) is 10.9. The fraction of sp³-hybridized carbons (Fsp3) is 0.429. The third-order valence-corrected chi connectivity index (χ3v) is 3.14. The van der Waals surface area contributed by atoms with Crippen LogP contribution in [0.15, 0.2) is 18.2 Å². The summed E-state index contributed by atoms with van der Waals surface area (Å²) in [6, 6.07) is 5.62. The van der Waals surface area contributed by atoms with Crippen LogP contribution < -0.4 is 11.1 Å². The zero-order valence-corrected chi connectivity index (χ0v) is 11.8. The summed E-state index contributed by atoms with van der Waals surface area (Å²) in [7, 11) is 1.60. The third-order valence-electron chi connectivity index (χ3n) is 3.14. The minimum absolute atomic E-state index is 0.0570. The van der Waals surface area contributed by atoms with E-state index >= 15 is 0 Å². The average molecular weight is 276 g/mol. The van der Waals surface area contributed by atoms with E-state index in [1.807, 2.05) is 29.7 Å². The van der Waals surface area contributed by atoms with Gasteiger partial charge in [-0.2, -0.15) is 0 Å². The van der Waals surface area contributed by atoms with E-state index in [4.69, 9.17) is 10.5 Å². The molecule has 2 aromatic rings. The van der Waals surface area contributed by atoms with Gasteiger partial charge in [0.25, 0.3) is 0 Å². The third kappa shape index (κ3) is 2.91. The van der Waals surface area contributed by atoms with Crippen LogP contribution in [0, 0.1) is 0 Å². The molecule has 0 unspecified atom stereocenters. The van der Waals surface area contributed by atoms with Crippen LogP contribution in [0.5, 0.6) is 0 Å². The molecule has 1 heterocycles. The zero-order chi connectivity index (χ0) is 14.5. The maximum atomic E-state index is 11.9. The second kappa shape index (κ2) is 6.38. The van der Waals surface area contributed by atoms with E-state index in [9.17, 15) is 4.79 Å². The number of benzene rings is 1. The summed E-state index contributed by atoms with van der Waals surface area (Å²) in [6.07, 6.45) is 0.749. The first kappa shape index (κ1) is 14.3. The summed E-state index contributed by atoms with van der Waals surface area (Å²) in [4.78, 5) is 16.4. The number of ether oxygens (including phenoxy) is 1. The lowest BCUT2D eigenvalue weighted by Gasteiger charge is -2.09. The Morgan fingerprint density at radius 2 is 2.30 bits per heavy atom. The van der Waals surface area contributed by atoms with Crippen molar-refractivity contribution in [1.82, 2.24) is 14.9 Å². The molecule has 0 aliphatic rings. The summed E-state index contributed by atoms with van der Waals surface area (Å²) in [5.74, 6) is 0.804. The fourth-order valence-corrected chi connectivity index (χ4v) is 2.16. The number of aromatic nitrogens is 2. The number of carbonyl (C=O) groups is 1. The summed E-state index contributed by atoms with van der Waals surface area (Å²) < 4.78 is 6.82. The first-order valence-electron chi connectivity index (χ1n) is 6.66. The van der Waals surface area contributed by atoms with E-state index in [1.54, 1.807) is 7.11 Å². The van der Waals surface area contributed by atoms with Gasteiger partial charge < -0.3 is 20.4 Å². The molecule has 0 saturated heterocycles. The number of aryl methyl sites for hydroxylation is 1. The van der Waals surface area contributed by atoms with Crippen LogP contribution in [0.25, 0.3) is 11.0 Å². The van der Waals surface area contributed by atoms with Crippen LogP contribution in [0.2, 0.25) is 0 Å². The summed E-state index contributed by atoms with van der Waals surface area (Å²) >= 11 is 0. The monoisotopic (exact) mass is 276 g/mol. The molecule has 0 spiro atoms. The predicted octanol–water partition coefficient (Wildman–Crippen LogP) is 0.943. The smallest absolute Gasteiger partial charge is 0.240 e. The molecule has 3 N–H and O–H groups in total. The highest BCUT2D eigenvalue weighted by molar-refractivity contribution is 5.89. The van der Waals surface area contributed by atoms with Crippen molar-refractivity contribution in [3.63, 3.8) is 0 Å². The van der Waals surface area contributed by atoms with E-state index in [2.05, 4.69) is 10.3 Å². The Kier molecular flexibility index (Phi) is 4.57. The van der Waals surface area contributed by atoms with Crippen molar-refractivity contribution < 1.29 is 9.53 Å². The lowest BCUT2D eigenvalue weighted by Crippen LogP contribution is -2.30. The molecule has 0 radical (unpaired) electrons. The standard InChI is InChI=1S/C14H20N4O2/c1-3-12-17-14-10(15)5-4-6-11(14)18(12)9-13(19)16-7-8-20-2/h4-6H,3,7-9,15H2,1-2H3,(H,16,19). The number of para-hydroxylation sites is 1. The van der Waals surface area contributed by atoms with E-state index < -0.39 is 0 Å². The Balaban J connectivity index is 2.24. The molecular weight excluding hydrogens is 256 g/mol. The van der Waals surface area contributed by atoms with E-state index in [0.717, 1.165) is 23.3 Å². The van der Waals surface area contributed by atoms with Gasteiger partial charge in [-0.3, -0.25) is 4.79 Å². The Bertz CT molecular complexity index is 606. The molecule has 20 heavy (non-hydrogen) atoms. The second-order valence-electron chi connectivity index (χ2n) is 4.53. The molecule has 0 fully saturated rings. The van der Waals surface area contributed by atoms with Crippen molar-refractivity contribution in [2.24, 2.45) is 0 Å². The molecule has 0 bridgehead atoms. The molecule has 1 aromatic heterocycles. The molecule has 6 heteroatoms. The molecule has 1 amide bonds. The number of nitrogen functional groups attached to an aromatic ring is 1. The molecule has 0 aliphatic heterocycles. The van der Waals surface area contributed by atoms with E-state index in [1.165, 1.54) is 0 Å². The van der Waals surface area contributed by atoms with Gasteiger partial charge in [-0.05, 0) is 12.1 Å². The number of amides is 1. The summed E-state index contributed by atoms with van der Waals surface area (Å²) in [5.41, 5.74) is 8.21. The van der Waals surface area contributed by atoms with Gasteiger partial charge in [0, 0.05) is 20.1 Å². The van der Waals surface area contributed by atoms with Crippen molar-refractivity contribution in [3.8, 4) is 0 Å². The van der Waals surface area contributed by atoms with Crippen LogP contribution in [0.4, 0.5) is 5.69 Å². The van der Waals surface area contributed by atoms with E-state index in [-0.39, 0.29) is 12.5 Å². The van der Waals surface area contributed by atoms with Gasteiger partial charge in [-0.25, -0.2) is 4.98 Å². The average Bonchev–Trinajstić information content (AvgIpc) is 2.79. The lowest BCUT2D eigenvalue weighted by atomic mass is 10.3. The zero-order valence-electron chi connectivity index (χ0n) is 11.8. The fourth-order valence-electron chi connectivity index (χ4n) is 2.16. The van der Waals surface area contributed by atoms with Crippen molar-refractivity contribution >= 4 is 22.6 Å². The number of nitrogens with one attached hydrogen (secondary N) is 1. The van der Waals surface area contributed by atoms with Crippen molar-refractivity contribution in [1.29, 1.82) is 0 Å². The number of fused-ring (bicyclic) bond motifs is 1. The Morgan fingerprint density at radius 1 is 1.50 bits per heavy atom. The van der Waals surface area contributed by atoms with Crippen molar-refractivity contribution in [3.05, 3.63) is 24.0 Å². The maximum absolute atomic E-state index is 11.9. The number of hydrogen-bond donors (Lipinski definition) is 2. The summed E-state index contributed by atoms with van der Waals surface area (Å²) in [6.45, 7) is 3.26. The number of carbonyl (C=O) groups excluding carboxylic acids is 1. The Labute approximate surface area is 117 Å². The molecule has 1 aromatic carbocycles. The van der Waals surface area contributed by atoms with Gasteiger partial charge in [0.05, 0.1) is 17.8 Å². The minimum Gasteiger partial charge on any atom is -0.397 e. The predicted molar refractivity (Wildman–Crippen MR) is 78.4 cm³/mol. The van der Waals surface area contributed by atoms with Gasteiger partial charge in [0.1, 0.15) is 17.9 Å². The number of methoxy groups -OCH3 is 1. The van der Waals surface area contributed by atoms with Gasteiger partial charge in [-0.1, -0.05) is 13.0 Å². The maximum Gasteiger partial charge on any atom is 0.240 e. The number of imidazole rings is 1. The SMILES string of the molecule is CCc1nc2c(N)cccc2n1CC(=O)NCCOC. The Morgan fingerprint density at radius 3 is 3.00 bits per heavy atom. The molecule has 0 atom stereocenters. The molecule has 0 aliphatic carbocycles. The van der Waals surface area contributed by atoms with E-state index in [0.29, 0.717) is 18.8 Å². The van der Waals surface area contributed by atoms with Crippen molar-refractivity contribution in [2.75, 3.05) is 26.0 Å². The van der Waals surface area contributed by atoms with Crippen molar-refractivity contribution in [2.45, 2.75) is 19.9 Å². The molecular formula is C14H20N4O2. The Hall–Kier alpha value is -2.08. The minimum atomic E-state index is -0.0570. The number of rotatable bonds is 6. The number of hydrogen-bond acceptors (Lipinski definition) is 4. The van der Waals surface area contributed by atoms with Crippen LogP contribution in [-0.2, 0) is 22.5 Å². The number of nitrogens with two attached hydrogens (primary N) is 1. The highest BCUT2D eigenvalue weighted by atomic mass is 16.5. The molecule has 6 nitrogen and oxygen atoms in total. The molecule has 0 saturated carbocycles. The highest BCUT2D eigenvalue weighted by Gasteiger charge is 2.13. The number of anilines is 1. The van der Waals surface area contributed by atoms with Crippen LogP contribution in [0.3, 0.4) is 0 Å². The second-order valence-corrected chi connectivity index (χ2v) is 4.53.